The summed E-state index contributed by atoms with van der Waals surface area (Å²) in [5, 5.41) is 7.23. The second-order valence-electron chi connectivity index (χ2n) is 7.04. The number of nitrogens with zero attached hydrogens (tertiary/aromatic N) is 2. The molecule has 0 aliphatic heterocycles. The van der Waals surface area contributed by atoms with E-state index in [2.05, 4.69) is 20.6 Å². The average Bonchev–Trinajstić information content (AvgIpc) is 2.79. The smallest absolute Gasteiger partial charge is 0.224 e. The summed E-state index contributed by atoms with van der Waals surface area (Å²) < 4.78 is 19.1. The summed E-state index contributed by atoms with van der Waals surface area (Å²) in [5.41, 5.74) is 2.82. The summed E-state index contributed by atoms with van der Waals surface area (Å²) in [5.74, 6) is 0.674. The minimum absolute atomic E-state index is 0.0729. The standard InChI is InChI=1S/C24H20ClFN4O2/c1-2-23(31)29-17-6-8-21-19(11-17)24(28-14-27-21)30-18-7-9-22(20(25)12-18)32-13-15-4-3-5-16(26)10-15/h3-12,14H,2,13H2,1H3,(H,29,31)(H,27,28,30). The Kier molecular flexibility index (Phi) is 6.47. The van der Waals surface area contributed by atoms with Crippen LogP contribution in [0.4, 0.5) is 21.6 Å². The zero-order valence-corrected chi connectivity index (χ0v) is 18.0. The first-order chi connectivity index (χ1) is 15.5. The number of carbonyl (C=O) groups is 1. The van der Waals surface area contributed by atoms with Crippen LogP contribution in [-0.2, 0) is 11.4 Å². The number of benzene rings is 3. The van der Waals surface area contributed by atoms with Crippen LogP contribution >= 0.6 is 11.6 Å². The molecular formula is C24H20ClFN4O2. The maximum atomic E-state index is 13.3. The highest BCUT2D eigenvalue weighted by molar-refractivity contribution is 6.32. The van der Waals surface area contributed by atoms with E-state index in [-0.39, 0.29) is 18.3 Å². The maximum absolute atomic E-state index is 13.3. The van der Waals surface area contributed by atoms with E-state index in [1.807, 2.05) is 18.2 Å². The zero-order chi connectivity index (χ0) is 22.5. The van der Waals surface area contributed by atoms with Gasteiger partial charge < -0.3 is 15.4 Å². The van der Waals surface area contributed by atoms with Gasteiger partial charge in [-0.15, -0.1) is 0 Å². The molecule has 0 fully saturated rings. The molecule has 1 heterocycles. The van der Waals surface area contributed by atoms with E-state index in [1.165, 1.54) is 18.5 Å². The van der Waals surface area contributed by atoms with Gasteiger partial charge in [-0.25, -0.2) is 14.4 Å². The fourth-order valence-electron chi connectivity index (χ4n) is 3.10. The van der Waals surface area contributed by atoms with Crippen molar-refractivity contribution < 1.29 is 13.9 Å². The Hall–Kier alpha value is -3.71. The number of ether oxygens (including phenoxy) is 1. The number of carbonyl (C=O) groups excluding carboxylic acids is 1. The summed E-state index contributed by atoms with van der Waals surface area (Å²) >= 11 is 6.39. The van der Waals surface area contributed by atoms with Crippen LogP contribution < -0.4 is 15.4 Å². The monoisotopic (exact) mass is 450 g/mol. The molecule has 1 aromatic heterocycles. The number of halogens is 2. The SMILES string of the molecule is CCC(=O)Nc1ccc2ncnc(Nc3ccc(OCc4cccc(F)c4)c(Cl)c3)c2c1. The summed E-state index contributed by atoms with van der Waals surface area (Å²) in [6.45, 7) is 1.99. The molecule has 1 amide bonds. The largest absolute Gasteiger partial charge is 0.487 e. The molecule has 8 heteroatoms. The van der Waals surface area contributed by atoms with Crippen molar-refractivity contribution in [2.75, 3.05) is 10.6 Å². The van der Waals surface area contributed by atoms with Crippen molar-refractivity contribution >= 4 is 45.6 Å². The molecule has 0 saturated carbocycles. The van der Waals surface area contributed by atoms with E-state index in [0.29, 0.717) is 39.9 Å². The van der Waals surface area contributed by atoms with E-state index < -0.39 is 0 Å². The first-order valence-electron chi connectivity index (χ1n) is 10.0. The molecule has 2 N–H and O–H groups in total. The van der Waals surface area contributed by atoms with Gasteiger partial charge in [0.1, 0.15) is 30.3 Å². The molecule has 0 atom stereocenters. The normalized spacial score (nSPS) is 10.7. The second kappa shape index (κ2) is 9.62. The average molecular weight is 451 g/mol. The van der Waals surface area contributed by atoms with Crippen LogP contribution in [0.3, 0.4) is 0 Å². The van der Waals surface area contributed by atoms with Gasteiger partial charge in [0.15, 0.2) is 0 Å². The van der Waals surface area contributed by atoms with Crippen molar-refractivity contribution in [3.8, 4) is 5.75 Å². The number of anilines is 3. The van der Waals surface area contributed by atoms with Gasteiger partial charge in [-0.3, -0.25) is 4.79 Å². The maximum Gasteiger partial charge on any atom is 0.224 e. The van der Waals surface area contributed by atoms with Gasteiger partial charge in [0.2, 0.25) is 5.91 Å². The lowest BCUT2D eigenvalue weighted by Gasteiger charge is -2.12. The van der Waals surface area contributed by atoms with E-state index in [9.17, 15) is 9.18 Å². The predicted octanol–water partition coefficient (Wildman–Crippen LogP) is 6.09. The van der Waals surface area contributed by atoms with E-state index in [4.69, 9.17) is 16.3 Å². The zero-order valence-electron chi connectivity index (χ0n) is 17.2. The van der Waals surface area contributed by atoms with Gasteiger partial charge in [0, 0.05) is 23.2 Å². The lowest BCUT2D eigenvalue weighted by Crippen LogP contribution is -2.09. The predicted molar refractivity (Wildman–Crippen MR) is 124 cm³/mol. The molecule has 0 spiro atoms. The summed E-state index contributed by atoms with van der Waals surface area (Å²) in [7, 11) is 0. The molecule has 0 radical (unpaired) electrons. The third-order valence-corrected chi connectivity index (χ3v) is 5.01. The van der Waals surface area contributed by atoms with Gasteiger partial charge in [0.05, 0.1) is 10.5 Å². The molecule has 0 aliphatic carbocycles. The van der Waals surface area contributed by atoms with Crippen LogP contribution in [0.1, 0.15) is 18.9 Å². The van der Waals surface area contributed by atoms with Crippen molar-refractivity contribution in [1.29, 1.82) is 0 Å². The van der Waals surface area contributed by atoms with Crippen LogP contribution in [0.2, 0.25) is 5.02 Å². The molecule has 4 rings (SSSR count). The Morgan fingerprint density at radius 1 is 1.06 bits per heavy atom. The molecular weight excluding hydrogens is 431 g/mol. The highest BCUT2D eigenvalue weighted by Crippen LogP contribution is 2.31. The van der Waals surface area contributed by atoms with Crippen molar-refractivity contribution in [3.63, 3.8) is 0 Å². The molecule has 32 heavy (non-hydrogen) atoms. The van der Waals surface area contributed by atoms with E-state index >= 15 is 0 Å². The van der Waals surface area contributed by atoms with Crippen molar-refractivity contribution in [2.45, 2.75) is 20.0 Å². The quantitative estimate of drug-likeness (QED) is 0.356. The van der Waals surface area contributed by atoms with Crippen LogP contribution in [0.5, 0.6) is 5.75 Å². The first kappa shape index (κ1) is 21.5. The summed E-state index contributed by atoms with van der Waals surface area (Å²) in [6.07, 6.45) is 1.85. The summed E-state index contributed by atoms with van der Waals surface area (Å²) in [6, 6.07) is 16.9. The molecule has 0 saturated heterocycles. The number of hydrogen-bond acceptors (Lipinski definition) is 5. The fourth-order valence-corrected chi connectivity index (χ4v) is 3.34. The van der Waals surface area contributed by atoms with Crippen molar-refractivity contribution in [3.05, 3.63) is 83.4 Å². The Labute approximate surface area is 189 Å². The third kappa shape index (κ3) is 5.12. The molecule has 162 valence electrons. The van der Waals surface area contributed by atoms with Crippen molar-refractivity contribution in [2.24, 2.45) is 0 Å². The molecule has 0 unspecified atom stereocenters. The van der Waals surface area contributed by atoms with Gasteiger partial charge >= 0.3 is 0 Å². The molecule has 4 aromatic rings. The highest BCUT2D eigenvalue weighted by atomic mass is 35.5. The van der Waals surface area contributed by atoms with E-state index in [0.717, 1.165) is 10.9 Å². The Morgan fingerprint density at radius 3 is 2.69 bits per heavy atom. The van der Waals surface area contributed by atoms with Gasteiger partial charge in [-0.05, 0) is 54.1 Å². The highest BCUT2D eigenvalue weighted by Gasteiger charge is 2.09. The molecule has 6 nitrogen and oxygen atoms in total. The Bertz CT molecular complexity index is 1280. The fraction of sp³-hybridized carbons (Fsp3) is 0.125. The van der Waals surface area contributed by atoms with Crippen molar-refractivity contribution in [1.82, 2.24) is 9.97 Å². The number of nitrogens with one attached hydrogen (secondary N) is 2. The van der Waals surface area contributed by atoms with Gasteiger partial charge in [-0.1, -0.05) is 30.7 Å². The number of rotatable bonds is 7. The molecule has 0 bridgehead atoms. The van der Waals surface area contributed by atoms with Gasteiger partial charge in [-0.2, -0.15) is 0 Å². The third-order valence-electron chi connectivity index (χ3n) is 4.72. The van der Waals surface area contributed by atoms with Crippen LogP contribution in [0, 0.1) is 5.82 Å². The van der Waals surface area contributed by atoms with Crippen LogP contribution in [-0.4, -0.2) is 15.9 Å². The lowest BCUT2D eigenvalue weighted by atomic mass is 10.2. The van der Waals surface area contributed by atoms with Gasteiger partial charge in [0.25, 0.3) is 0 Å². The summed E-state index contributed by atoms with van der Waals surface area (Å²) in [4.78, 5) is 20.3. The minimum atomic E-state index is -0.314. The lowest BCUT2D eigenvalue weighted by molar-refractivity contribution is -0.115. The topological polar surface area (TPSA) is 76.1 Å². The number of hydrogen-bond donors (Lipinski definition) is 2. The number of amides is 1. The number of fused-ring (bicyclic) bond motifs is 1. The molecule has 3 aromatic carbocycles. The Balaban J connectivity index is 1.52. The van der Waals surface area contributed by atoms with E-state index in [1.54, 1.807) is 37.3 Å². The molecule has 0 aliphatic rings. The Morgan fingerprint density at radius 2 is 1.91 bits per heavy atom. The van der Waals surface area contributed by atoms with Crippen LogP contribution in [0.25, 0.3) is 10.9 Å². The first-order valence-corrected chi connectivity index (χ1v) is 10.4. The second-order valence-corrected chi connectivity index (χ2v) is 7.45. The number of aromatic nitrogens is 2. The van der Waals surface area contributed by atoms with Crippen LogP contribution in [0.15, 0.2) is 67.0 Å². The minimum Gasteiger partial charge on any atom is -0.487 e.